The first-order valence-corrected chi connectivity index (χ1v) is 11.6. The van der Waals surface area contributed by atoms with Crippen LogP contribution in [0.1, 0.15) is 10.5 Å². The lowest BCUT2D eigenvalue weighted by Gasteiger charge is -2.09. The molecule has 4 rings (SSSR count). The summed E-state index contributed by atoms with van der Waals surface area (Å²) in [6, 6.07) is 7.97. The van der Waals surface area contributed by atoms with E-state index in [-0.39, 0.29) is 11.6 Å². The molecule has 0 saturated carbocycles. The Morgan fingerprint density at radius 3 is 2.52 bits per heavy atom. The van der Waals surface area contributed by atoms with Crippen molar-refractivity contribution in [1.82, 2.24) is 35.1 Å². The number of anilines is 2. The van der Waals surface area contributed by atoms with Gasteiger partial charge in [0.25, 0.3) is 5.91 Å². The van der Waals surface area contributed by atoms with Crippen LogP contribution in [0.15, 0.2) is 74.1 Å². The smallest absolute Gasteiger partial charge is 0.278 e. The van der Waals surface area contributed by atoms with Gasteiger partial charge in [-0.3, -0.25) is 9.78 Å². The first kappa shape index (κ1) is 21.1. The third-order valence-electron chi connectivity index (χ3n) is 3.69. The predicted molar refractivity (Wildman–Crippen MR) is 119 cm³/mol. The molecule has 1 amide bonds. The number of nitrogen functional groups attached to an aromatic ring is 1. The number of thioether (sulfide) groups is 1. The van der Waals surface area contributed by atoms with Gasteiger partial charge in [-0.25, -0.2) is 20.1 Å². The molecule has 0 spiro atoms. The van der Waals surface area contributed by atoms with Gasteiger partial charge < -0.3 is 11.1 Å². The van der Waals surface area contributed by atoms with Crippen LogP contribution in [0.5, 0.6) is 0 Å². The summed E-state index contributed by atoms with van der Waals surface area (Å²) in [5.41, 5.74) is 5.72. The molecule has 3 aromatic heterocycles. The number of carbonyl (C=O) groups is 1. The summed E-state index contributed by atoms with van der Waals surface area (Å²) < 4.78 is 0. The molecular formula is C18H15N9OS3. The number of benzene rings is 1. The lowest BCUT2D eigenvalue weighted by atomic mass is 10.4. The van der Waals surface area contributed by atoms with Crippen molar-refractivity contribution < 1.29 is 4.79 Å². The Bertz CT molecular complexity index is 1190. The average Bonchev–Trinajstić information content (AvgIpc) is 3.20. The van der Waals surface area contributed by atoms with E-state index in [1.807, 2.05) is 30.5 Å². The minimum atomic E-state index is -0.451. The van der Waals surface area contributed by atoms with Gasteiger partial charge in [0.15, 0.2) is 11.5 Å². The highest BCUT2D eigenvalue weighted by atomic mass is 32.2. The number of H-pyrrole nitrogens is 1. The van der Waals surface area contributed by atoms with Crippen molar-refractivity contribution in [3.8, 4) is 0 Å². The van der Waals surface area contributed by atoms with Gasteiger partial charge in [0.05, 0.1) is 12.4 Å². The number of nitrogens with one attached hydrogen (secondary N) is 2. The Balaban J connectivity index is 1.63. The quantitative estimate of drug-likeness (QED) is 0.342. The van der Waals surface area contributed by atoms with Gasteiger partial charge in [0.2, 0.25) is 11.1 Å². The highest BCUT2D eigenvalue weighted by Gasteiger charge is 2.19. The van der Waals surface area contributed by atoms with Gasteiger partial charge >= 0.3 is 0 Å². The van der Waals surface area contributed by atoms with Crippen molar-refractivity contribution in [3.63, 3.8) is 0 Å². The van der Waals surface area contributed by atoms with Gasteiger partial charge in [0.1, 0.15) is 10.1 Å². The Hall–Kier alpha value is -3.16. The highest BCUT2D eigenvalue weighted by molar-refractivity contribution is 7.99. The maximum Gasteiger partial charge on any atom is 0.278 e. The van der Waals surface area contributed by atoms with Crippen molar-refractivity contribution in [2.75, 3.05) is 17.3 Å². The molecule has 0 saturated heterocycles. The van der Waals surface area contributed by atoms with Crippen LogP contribution in [0.3, 0.4) is 0 Å². The largest absolute Gasteiger partial charge is 0.368 e. The summed E-state index contributed by atoms with van der Waals surface area (Å²) in [6.07, 6.45) is 8.04. The zero-order valence-corrected chi connectivity index (χ0v) is 18.5. The van der Waals surface area contributed by atoms with E-state index in [0.717, 1.165) is 21.6 Å². The number of hydrogen-bond acceptors (Lipinski definition) is 11. The molecule has 0 bridgehead atoms. The SMILES string of the molecule is CSc1ccc(Sc2ncc(Sc3n[nH]c(N)n3)nc2C(=O)Nc2cnccn2)cc1. The van der Waals surface area contributed by atoms with Crippen LogP contribution in [-0.4, -0.2) is 47.3 Å². The van der Waals surface area contributed by atoms with E-state index < -0.39 is 5.91 Å². The molecule has 0 aliphatic carbocycles. The number of carbonyl (C=O) groups excluding carboxylic acids is 1. The zero-order valence-electron chi connectivity index (χ0n) is 16.0. The maximum atomic E-state index is 13.0. The number of nitrogens with two attached hydrogens (primary N) is 1. The third-order valence-corrected chi connectivity index (χ3v) is 6.20. The Morgan fingerprint density at radius 2 is 1.84 bits per heavy atom. The average molecular weight is 470 g/mol. The monoisotopic (exact) mass is 469 g/mol. The van der Waals surface area contributed by atoms with E-state index in [2.05, 4.69) is 40.4 Å². The number of nitrogens with zero attached hydrogens (tertiary/aromatic N) is 6. The second-order valence-electron chi connectivity index (χ2n) is 5.79. The Kier molecular flexibility index (Phi) is 6.64. The van der Waals surface area contributed by atoms with Gasteiger partial charge in [-0.2, -0.15) is 4.98 Å². The summed E-state index contributed by atoms with van der Waals surface area (Å²) in [7, 11) is 0. The number of hydrogen-bond donors (Lipinski definition) is 3. The second kappa shape index (κ2) is 9.76. The fourth-order valence-electron chi connectivity index (χ4n) is 2.33. The van der Waals surface area contributed by atoms with Crippen molar-refractivity contribution >= 4 is 53.0 Å². The molecule has 10 nitrogen and oxygen atoms in total. The second-order valence-corrected chi connectivity index (χ2v) is 8.72. The molecule has 13 heteroatoms. The van der Waals surface area contributed by atoms with Crippen molar-refractivity contribution in [2.45, 2.75) is 25.0 Å². The molecule has 156 valence electrons. The fourth-order valence-corrected chi connectivity index (χ4v) is 4.23. The summed E-state index contributed by atoms with van der Waals surface area (Å²) in [5.74, 6) is 0.0551. The highest BCUT2D eigenvalue weighted by Crippen LogP contribution is 2.32. The third kappa shape index (κ3) is 5.51. The molecule has 1 aromatic carbocycles. The molecule has 3 heterocycles. The molecule has 0 aliphatic rings. The van der Waals surface area contributed by atoms with E-state index in [1.54, 1.807) is 18.0 Å². The summed E-state index contributed by atoms with van der Waals surface area (Å²) in [6.45, 7) is 0. The van der Waals surface area contributed by atoms with Crippen LogP contribution in [0.4, 0.5) is 11.8 Å². The Morgan fingerprint density at radius 1 is 1.03 bits per heavy atom. The predicted octanol–water partition coefficient (Wildman–Crippen LogP) is 3.24. The minimum absolute atomic E-state index is 0.151. The molecule has 0 radical (unpaired) electrons. The normalized spacial score (nSPS) is 10.7. The van der Waals surface area contributed by atoms with Crippen LogP contribution in [0.25, 0.3) is 0 Å². The van der Waals surface area contributed by atoms with Crippen LogP contribution in [0.2, 0.25) is 0 Å². The van der Waals surface area contributed by atoms with Crippen molar-refractivity contribution in [2.24, 2.45) is 0 Å². The molecule has 0 aliphatic heterocycles. The molecule has 4 N–H and O–H groups in total. The lowest BCUT2D eigenvalue weighted by Crippen LogP contribution is -2.17. The number of amides is 1. The molecule has 0 atom stereocenters. The zero-order chi connectivity index (χ0) is 21.6. The molecule has 0 fully saturated rings. The van der Waals surface area contributed by atoms with Gasteiger partial charge in [-0.1, -0.05) is 11.8 Å². The van der Waals surface area contributed by atoms with E-state index in [1.165, 1.54) is 30.4 Å². The van der Waals surface area contributed by atoms with Crippen LogP contribution in [0, 0.1) is 0 Å². The van der Waals surface area contributed by atoms with Gasteiger partial charge in [-0.15, -0.1) is 16.9 Å². The number of rotatable bonds is 7. The van der Waals surface area contributed by atoms with E-state index in [0.29, 0.717) is 21.0 Å². The topological polar surface area (TPSA) is 148 Å². The molecule has 0 unspecified atom stereocenters. The number of aromatic nitrogens is 7. The van der Waals surface area contributed by atoms with Crippen molar-refractivity contribution in [3.05, 3.63) is 54.7 Å². The van der Waals surface area contributed by atoms with Crippen molar-refractivity contribution in [1.29, 1.82) is 0 Å². The first-order chi connectivity index (χ1) is 15.1. The molecule has 4 aromatic rings. The first-order valence-electron chi connectivity index (χ1n) is 8.73. The van der Waals surface area contributed by atoms with Gasteiger partial charge in [-0.05, 0) is 42.3 Å². The lowest BCUT2D eigenvalue weighted by molar-refractivity contribution is 0.101. The minimum Gasteiger partial charge on any atom is -0.368 e. The molecular weight excluding hydrogens is 454 g/mol. The van der Waals surface area contributed by atoms with E-state index in [9.17, 15) is 4.79 Å². The fraction of sp³-hybridized carbons (Fsp3) is 0.0556. The van der Waals surface area contributed by atoms with Gasteiger partial charge in [0, 0.05) is 22.2 Å². The number of aromatic amines is 1. The van der Waals surface area contributed by atoms with Crippen LogP contribution < -0.4 is 11.1 Å². The summed E-state index contributed by atoms with van der Waals surface area (Å²) in [4.78, 5) is 36.1. The Labute approximate surface area is 189 Å². The van der Waals surface area contributed by atoms with Crippen LogP contribution >= 0.6 is 35.3 Å². The summed E-state index contributed by atoms with van der Waals surface area (Å²) in [5, 5.41) is 10.5. The summed E-state index contributed by atoms with van der Waals surface area (Å²) >= 11 is 4.14. The van der Waals surface area contributed by atoms with E-state index >= 15 is 0 Å². The van der Waals surface area contributed by atoms with E-state index in [4.69, 9.17) is 5.73 Å². The molecule has 31 heavy (non-hydrogen) atoms. The maximum absolute atomic E-state index is 13.0. The van der Waals surface area contributed by atoms with Crippen LogP contribution in [-0.2, 0) is 0 Å². The standard InChI is InChI=1S/C18H15N9OS3/c1-29-10-2-4-11(5-3-10)30-16-14(15(28)23-12-8-20-6-7-21-12)24-13(9-22-16)31-18-25-17(19)26-27-18/h2-9H,1H3,(H,21,23,28)(H3,19,25,26,27).